The summed E-state index contributed by atoms with van der Waals surface area (Å²) < 4.78 is 30.0. The molecule has 0 fully saturated rings. The fourth-order valence-electron chi connectivity index (χ4n) is 1.11. The molecule has 1 rings (SSSR count). The lowest BCUT2D eigenvalue weighted by Crippen LogP contribution is -2.13. The van der Waals surface area contributed by atoms with E-state index >= 15 is 0 Å². The zero-order valence-electron chi connectivity index (χ0n) is 9.02. The maximum Gasteiger partial charge on any atom is 0.229 e. The normalized spacial score (nSPS) is 11.5. The Morgan fingerprint density at radius 2 is 1.87 bits per heavy atom. The minimum atomic E-state index is -3.27. The molecule has 1 N–H and O–H groups in total. The smallest absolute Gasteiger partial charge is 0.229 e. The monoisotopic (exact) mass is 229 g/mol. The summed E-state index contributed by atoms with van der Waals surface area (Å²) in [5, 5.41) is 0. The fourth-order valence-corrected chi connectivity index (χ4v) is 1.68. The van der Waals surface area contributed by atoms with Gasteiger partial charge in [0.25, 0.3) is 0 Å². The quantitative estimate of drug-likeness (QED) is 0.857. The van der Waals surface area contributed by atoms with E-state index in [4.69, 9.17) is 4.74 Å². The third-order valence-electron chi connectivity index (χ3n) is 1.55. The maximum atomic E-state index is 11.1. The first-order chi connectivity index (χ1) is 6.88. The van der Waals surface area contributed by atoms with Crippen LogP contribution < -0.4 is 9.46 Å². The average Bonchev–Trinajstić information content (AvgIpc) is 2.05. The molecule has 0 amide bonds. The molecule has 0 atom stereocenters. The third-order valence-corrected chi connectivity index (χ3v) is 2.14. The van der Waals surface area contributed by atoms with Crippen molar-refractivity contribution in [2.24, 2.45) is 0 Å². The standard InChI is InChI=1S/C10H15NO3S/c1-8(2)14-10-7-5-4-6-9(10)11-15(3,12)13/h4-8,11H,1-3H3. The second kappa shape index (κ2) is 4.53. The van der Waals surface area contributed by atoms with Crippen molar-refractivity contribution in [1.29, 1.82) is 0 Å². The van der Waals surface area contributed by atoms with Gasteiger partial charge in [0.2, 0.25) is 10.0 Å². The summed E-state index contributed by atoms with van der Waals surface area (Å²) in [4.78, 5) is 0. The van der Waals surface area contributed by atoms with Gasteiger partial charge in [-0.3, -0.25) is 4.72 Å². The van der Waals surface area contributed by atoms with Crippen LogP contribution in [0, 0.1) is 0 Å². The zero-order valence-corrected chi connectivity index (χ0v) is 9.84. The van der Waals surface area contributed by atoms with E-state index in [1.807, 2.05) is 13.8 Å². The summed E-state index contributed by atoms with van der Waals surface area (Å²) in [5.74, 6) is 0.540. The first kappa shape index (κ1) is 11.8. The molecule has 5 heteroatoms. The highest BCUT2D eigenvalue weighted by Crippen LogP contribution is 2.25. The Kier molecular flexibility index (Phi) is 3.57. The number of anilines is 1. The van der Waals surface area contributed by atoms with Crippen molar-refractivity contribution >= 4 is 15.7 Å². The van der Waals surface area contributed by atoms with E-state index < -0.39 is 10.0 Å². The lowest BCUT2D eigenvalue weighted by atomic mass is 10.3. The van der Waals surface area contributed by atoms with Gasteiger partial charge in [-0.1, -0.05) is 12.1 Å². The van der Waals surface area contributed by atoms with Gasteiger partial charge in [0.1, 0.15) is 5.75 Å². The summed E-state index contributed by atoms with van der Waals surface area (Å²) >= 11 is 0. The molecule has 0 aliphatic rings. The molecule has 0 unspecified atom stereocenters. The number of rotatable bonds is 4. The first-order valence-electron chi connectivity index (χ1n) is 4.62. The predicted molar refractivity (Wildman–Crippen MR) is 60.7 cm³/mol. The van der Waals surface area contributed by atoms with Crippen molar-refractivity contribution < 1.29 is 13.2 Å². The number of benzene rings is 1. The molecule has 0 aliphatic heterocycles. The minimum absolute atomic E-state index is 0.00695. The molecule has 0 saturated heterocycles. The molecule has 15 heavy (non-hydrogen) atoms. The average molecular weight is 229 g/mol. The lowest BCUT2D eigenvalue weighted by molar-refractivity contribution is 0.244. The highest BCUT2D eigenvalue weighted by atomic mass is 32.2. The molecule has 0 spiro atoms. The van der Waals surface area contributed by atoms with Gasteiger partial charge in [0.05, 0.1) is 18.0 Å². The molecule has 84 valence electrons. The van der Waals surface area contributed by atoms with Crippen LogP contribution in [0.2, 0.25) is 0 Å². The minimum Gasteiger partial charge on any atom is -0.489 e. The van der Waals surface area contributed by atoms with Crippen LogP contribution in [0.4, 0.5) is 5.69 Å². The number of hydrogen-bond donors (Lipinski definition) is 1. The first-order valence-corrected chi connectivity index (χ1v) is 6.51. The van der Waals surface area contributed by atoms with Crippen molar-refractivity contribution in [3.63, 3.8) is 0 Å². The molecule has 4 nitrogen and oxygen atoms in total. The molecule has 0 heterocycles. The van der Waals surface area contributed by atoms with Crippen LogP contribution in [0.5, 0.6) is 5.75 Å². The van der Waals surface area contributed by atoms with Crippen LogP contribution in [0.1, 0.15) is 13.8 Å². The predicted octanol–water partition coefficient (Wildman–Crippen LogP) is 1.85. The van der Waals surface area contributed by atoms with Gasteiger partial charge in [-0.2, -0.15) is 0 Å². The summed E-state index contributed by atoms with van der Waals surface area (Å²) in [6.45, 7) is 3.77. The van der Waals surface area contributed by atoms with Gasteiger partial charge >= 0.3 is 0 Å². The van der Waals surface area contributed by atoms with Crippen molar-refractivity contribution in [2.75, 3.05) is 11.0 Å². The third kappa shape index (κ3) is 4.20. The fraction of sp³-hybridized carbons (Fsp3) is 0.400. The summed E-state index contributed by atoms with van der Waals surface area (Å²) in [6, 6.07) is 6.94. The number of sulfonamides is 1. The number of hydrogen-bond acceptors (Lipinski definition) is 3. The Balaban J connectivity index is 2.96. The number of ether oxygens (including phenoxy) is 1. The van der Waals surface area contributed by atoms with Crippen LogP contribution >= 0.6 is 0 Å². The highest BCUT2D eigenvalue weighted by Gasteiger charge is 2.08. The van der Waals surface area contributed by atoms with Gasteiger partial charge in [0.15, 0.2) is 0 Å². The molecule has 0 aromatic heterocycles. The van der Waals surface area contributed by atoms with E-state index in [0.29, 0.717) is 11.4 Å². The molecule has 0 aliphatic carbocycles. The number of nitrogens with one attached hydrogen (secondary N) is 1. The van der Waals surface area contributed by atoms with E-state index in [-0.39, 0.29) is 6.10 Å². The molecule has 0 radical (unpaired) electrons. The van der Waals surface area contributed by atoms with Gasteiger partial charge in [0, 0.05) is 0 Å². The van der Waals surface area contributed by atoms with Crippen molar-refractivity contribution in [3.8, 4) is 5.75 Å². The molecular weight excluding hydrogens is 214 g/mol. The van der Waals surface area contributed by atoms with Crippen LogP contribution in [0.15, 0.2) is 24.3 Å². The second-order valence-electron chi connectivity index (χ2n) is 3.54. The Bertz CT molecular complexity index is 426. The molecule has 0 bridgehead atoms. The van der Waals surface area contributed by atoms with E-state index in [1.165, 1.54) is 0 Å². The van der Waals surface area contributed by atoms with Crippen molar-refractivity contribution in [1.82, 2.24) is 0 Å². The SMILES string of the molecule is CC(C)Oc1ccccc1NS(C)(=O)=O. The Hall–Kier alpha value is -1.23. The van der Waals surface area contributed by atoms with Crippen LogP contribution in [-0.2, 0) is 10.0 Å². The topological polar surface area (TPSA) is 55.4 Å². The molecular formula is C10H15NO3S. The van der Waals surface area contributed by atoms with Gasteiger partial charge < -0.3 is 4.74 Å². The van der Waals surface area contributed by atoms with Crippen LogP contribution in [0.3, 0.4) is 0 Å². The summed E-state index contributed by atoms with van der Waals surface area (Å²) in [5.41, 5.74) is 0.466. The summed E-state index contributed by atoms with van der Waals surface area (Å²) in [7, 11) is -3.27. The largest absolute Gasteiger partial charge is 0.489 e. The Labute approximate surface area is 90.3 Å². The van der Waals surface area contributed by atoms with Crippen molar-refractivity contribution in [3.05, 3.63) is 24.3 Å². The second-order valence-corrected chi connectivity index (χ2v) is 5.29. The van der Waals surface area contributed by atoms with E-state index in [9.17, 15) is 8.42 Å². The van der Waals surface area contributed by atoms with E-state index in [1.54, 1.807) is 24.3 Å². The maximum absolute atomic E-state index is 11.1. The number of para-hydroxylation sites is 2. The molecule has 1 aromatic carbocycles. The van der Waals surface area contributed by atoms with Crippen LogP contribution in [0.25, 0.3) is 0 Å². The van der Waals surface area contributed by atoms with Gasteiger partial charge in [-0.05, 0) is 26.0 Å². The molecule has 1 aromatic rings. The van der Waals surface area contributed by atoms with Crippen LogP contribution in [-0.4, -0.2) is 20.8 Å². The molecule has 0 saturated carbocycles. The van der Waals surface area contributed by atoms with Gasteiger partial charge in [-0.15, -0.1) is 0 Å². The summed E-state index contributed by atoms with van der Waals surface area (Å²) in [6.07, 6.45) is 1.12. The zero-order chi connectivity index (χ0) is 11.5. The highest BCUT2D eigenvalue weighted by molar-refractivity contribution is 7.92. The Morgan fingerprint density at radius 1 is 1.27 bits per heavy atom. The Morgan fingerprint density at radius 3 is 2.40 bits per heavy atom. The van der Waals surface area contributed by atoms with E-state index in [0.717, 1.165) is 6.26 Å². The van der Waals surface area contributed by atoms with Crippen molar-refractivity contribution in [2.45, 2.75) is 20.0 Å². The van der Waals surface area contributed by atoms with Gasteiger partial charge in [-0.25, -0.2) is 8.42 Å². The lowest BCUT2D eigenvalue weighted by Gasteiger charge is -2.14. The van der Waals surface area contributed by atoms with E-state index in [2.05, 4.69) is 4.72 Å².